The molecule has 0 bridgehead atoms. The molecule has 3 heteroatoms. The standard InChI is InChI=1S/C12H18N2O/c1-2-14-9-11(8-13-14)12(15)10-6-4-3-5-7-10/h8-10H,2-7H2,1H3. The van der Waals surface area contributed by atoms with Gasteiger partial charge in [-0.25, -0.2) is 0 Å². The Morgan fingerprint density at radius 2 is 2.20 bits per heavy atom. The van der Waals surface area contributed by atoms with Crippen molar-refractivity contribution in [3.05, 3.63) is 18.0 Å². The van der Waals surface area contributed by atoms with Crippen molar-refractivity contribution in [2.75, 3.05) is 0 Å². The molecule has 0 atom stereocenters. The van der Waals surface area contributed by atoms with Gasteiger partial charge in [0.2, 0.25) is 0 Å². The number of hydrogen-bond acceptors (Lipinski definition) is 2. The van der Waals surface area contributed by atoms with Crippen molar-refractivity contribution >= 4 is 5.78 Å². The molecule has 1 fully saturated rings. The van der Waals surface area contributed by atoms with Gasteiger partial charge in [0.1, 0.15) is 0 Å². The van der Waals surface area contributed by atoms with Crippen molar-refractivity contribution in [1.29, 1.82) is 0 Å². The number of aryl methyl sites for hydroxylation is 1. The Morgan fingerprint density at radius 1 is 1.47 bits per heavy atom. The molecule has 0 saturated heterocycles. The first-order chi connectivity index (χ1) is 7.31. The number of Topliss-reactive ketones (excluding diaryl/α,β-unsaturated/α-hetero) is 1. The summed E-state index contributed by atoms with van der Waals surface area (Å²) in [5.74, 6) is 0.558. The van der Waals surface area contributed by atoms with Crippen LogP contribution in [0.5, 0.6) is 0 Å². The largest absolute Gasteiger partial charge is 0.294 e. The highest BCUT2D eigenvalue weighted by atomic mass is 16.1. The second kappa shape index (κ2) is 4.60. The Kier molecular flexibility index (Phi) is 3.19. The molecule has 3 nitrogen and oxygen atoms in total. The second-order valence-electron chi connectivity index (χ2n) is 4.28. The van der Waals surface area contributed by atoms with Gasteiger partial charge in [0.15, 0.2) is 5.78 Å². The number of carbonyl (C=O) groups is 1. The lowest BCUT2D eigenvalue weighted by molar-refractivity contribution is 0.0889. The molecule has 15 heavy (non-hydrogen) atoms. The Bertz CT molecular complexity index is 337. The van der Waals surface area contributed by atoms with Gasteiger partial charge in [0, 0.05) is 18.7 Å². The summed E-state index contributed by atoms with van der Waals surface area (Å²) in [5.41, 5.74) is 0.795. The average molecular weight is 206 g/mol. The molecule has 82 valence electrons. The molecule has 1 saturated carbocycles. The minimum absolute atomic E-state index is 0.258. The van der Waals surface area contributed by atoms with Crippen LogP contribution in [0, 0.1) is 5.92 Å². The molecule has 1 aromatic heterocycles. The van der Waals surface area contributed by atoms with Crippen LogP contribution in [0.1, 0.15) is 49.4 Å². The van der Waals surface area contributed by atoms with E-state index < -0.39 is 0 Å². The highest BCUT2D eigenvalue weighted by molar-refractivity contribution is 5.97. The van der Waals surface area contributed by atoms with Crippen LogP contribution in [0.3, 0.4) is 0 Å². The van der Waals surface area contributed by atoms with Crippen molar-refractivity contribution < 1.29 is 4.79 Å². The quantitative estimate of drug-likeness (QED) is 0.713. The third-order valence-electron chi connectivity index (χ3n) is 3.22. The molecule has 1 aliphatic carbocycles. The average Bonchev–Trinajstić information content (AvgIpc) is 2.78. The SMILES string of the molecule is CCn1cc(C(=O)C2CCCCC2)cn1. The topological polar surface area (TPSA) is 34.9 Å². The number of ketones is 1. The van der Waals surface area contributed by atoms with Crippen molar-refractivity contribution in [3.63, 3.8) is 0 Å². The lowest BCUT2D eigenvalue weighted by Gasteiger charge is -2.19. The summed E-state index contributed by atoms with van der Waals surface area (Å²) >= 11 is 0. The van der Waals surface area contributed by atoms with Crippen LogP contribution in [0.4, 0.5) is 0 Å². The summed E-state index contributed by atoms with van der Waals surface area (Å²) in [6, 6.07) is 0. The minimum atomic E-state index is 0.258. The lowest BCUT2D eigenvalue weighted by atomic mass is 9.84. The molecule has 0 aliphatic heterocycles. The third kappa shape index (κ3) is 2.28. The molecule has 0 radical (unpaired) electrons. The van der Waals surface area contributed by atoms with Gasteiger partial charge < -0.3 is 0 Å². The van der Waals surface area contributed by atoms with Crippen LogP contribution < -0.4 is 0 Å². The highest BCUT2D eigenvalue weighted by Gasteiger charge is 2.23. The number of nitrogens with zero attached hydrogens (tertiary/aromatic N) is 2. The predicted molar refractivity (Wildman–Crippen MR) is 58.8 cm³/mol. The normalized spacial score (nSPS) is 17.9. The molecule has 0 amide bonds. The molecule has 1 aliphatic rings. The maximum Gasteiger partial charge on any atom is 0.169 e. The fraction of sp³-hybridized carbons (Fsp3) is 0.667. The van der Waals surface area contributed by atoms with Crippen LogP contribution in [0.15, 0.2) is 12.4 Å². The summed E-state index contributed by atoms with van der Waals surface area (Å²) in [7, 11) is 0. The van der Waals surface area contributed by atoms with E-state index in [1.54, 1.807) is 6.20 Å². The van der Waals surface area contributed by atoms with Crippen molar-refractivity contribution in [2.24, 2.45) is 5.92 Å². The molecule has 0 spiro atoms. The number of hydrogen-bond donors (Lipinski definition) is 0. The van der Waals surface area contributed by atoms with Crippen LogP contribution in [0.25, 0.3) is 0 Å². The first kappa shape index (κ1) is 10.4. The van der Waals surface area contributed by atoms with Gasteiger partial charge in [0.25, 0.3) is 0 Å². The smallest absolute Gasteiger partial charge is 0.169 e. The number of carbonyl (C=O) groups excluding carboxylic acids is 1. The summed E-state index contributed by atoms with van der Waals surface area (Å²) in [4.78, 5) is 12.1. The van der Waals surface area contributed by atoms with Gasteiger partial charge in [0.05, 0.1) is 11.8 Å². The molecular formula is C12H18N2O. The van der Waals surface area contributed by atoms with Gasteiger partial charge in [-0.15, -0.1) is 0 Å². The van der Waals surface area contributed by atoms with E-state index in [2.05, 4.69) is 5.10 Å². The maximum atomic E-state index is 12.1. The van der Waals surface area contributed by atoms with Gasteiger partial charge >= 0.3 is 0 Å². The van der Waals surface area contributed by atoms with E-state index in [-0.39, 0.29) is 5.92 Å². The van der Waals surface area contributed by atoms with E-state index in [0.717, 1.165) is 24.9 Å². The Labute approximate surface area is 90.5 Å². The van der Waals surface area contributed by atoms with Gasteiger partial charge in [-0.05, 0) is 19.8 Å². The second-order valence-corrected chi connectivity index (χ2v) is 4.28. The fourth-order valence-electron chi connectivity index (χ4n) is 2.26. The van der Waals surface area contributed by atoms with E-state index in [4.69, 9.17) is 0 Å². The van der Waals surface area contributed by atoms with E-state index >= 15 is 0 Å². The monoisotopic (exact) mass is 206 g/mol. The van der Waals surface area contributed by atoms with E-state index in [9.17, 15) is 4.79 Å². The zero-order valence-corrected chi connectivity index (χ0v) is 9.28. The van der Waals surface area contributed by atoms with Crippen molar-refractivity contribution in [3.8, 4) is 0 Å². The molecule has 0 unspecified atom stereocenters. The summed E-state index contributed by atoms with van der Waals surface area (Å²) in [6.07, 6.45) is 9.41. The van der Waals surface area contributed by atoms with Crippen molar-refractivity contribution in [2.45, 2.75) is 45.6 Å². The van der Waals surface area contributed by atoms with Crippen LogP contribution in [0.2, 0.25) is 0 Å². The molecule has 1 aromatic rings. The van der Waals surface area contributed by atoms with Crippen molar-refractivity contribution in [1.82, 2.24) is 9.78 Å². The summed E-state index contributed by atoms with van der Waals surface area (Å²) in [6.45, 7) is 2.86. The first-order valence-electron chi connectivity index (χ1n) is 5.88. The maximum absolute atomic E-state index is 12.1. The first-order valence-corrected chi connectivity index (χ1v) is 5.88. The zero-order chi connectivity index (χ0) is 10.7. The molecule has 2 rings (SSSR count). The van der Waals surface area contributed by atoms with E-state index in [0.29, 0.717) is 5.78 Å². The lowest BCUT2D eigenvalue weighted by Crippen LogP contribution is -2.17. The highest BCUT2D eigenvalue weighted by Crippen LogP contribution is 2.26. The molecule has 0 aromatic carbocycles. The molecule has 0 N–H and O–H groups in total. The summed E-state index contributed by atoms with van der Waals surface area (Å²) in [5, 5.41) is 4.15. The van der Waals surface area contributed by atoms with Gasteiger partial charge in [-0.2, -0.15) is 5.10 Å². The Morgan fingerprint density at radius 3 is 2.80 bits per heavy atom. The zero-order valence-electron chi connectivity index (χ0n) is 9.28. The van der Waals surface area contributed by atoms with Crippen LogP contribution in [-0.4, -0.2) is 15.6 Å². The predicted octanol–water partition coefficient (Wildman–Crippen LogP) is 2.67. The Balaban J connectivity index is 2.05. The summed E-state index contributed by atoms with van der Waals surface area (Å²) < 4.78 is 1.82. The van der Waals surface area contributed by atoms with Crippen LogP contribution in [-0.2, 0) is 6.54 Å². The van der Waals surface area contributed by atoms with Gasteiger partial charge in [-0.3, -0.25) is 9.48 Å². The van der Waals surface area contributed by atoms with E-state index in [1.807, 2.05) is 17.8 Å². The van der Waals surface area contributed by atoms with E-state index in [1.165, 1.54) is 19.3 Å². The fourth-order valence-corrected chi connectivity index (χ4v) is 2.26. The number of aromatic nitrogens is 2. The molecule has 1 heterocycles. The van der Waals surface area contributed by atoms with Gasteiger partial charge in [-0.1, -0.05) is 19.3 Å². The third-order valence-corrected chi connectivity index (χ3v) is 3.22. The number of rotatable bonds is 3. The molecular weight excluding hydrogens is 188 g/mol. The minimum Gasteiger partial charge on any atom is -0.294 e. The Hall–Kier alpha value is -1.12. The van der Waals surface area contributed by atoms with Crippen LogP contribution >= 0.6 is 0 Å².